The molecule has 0 saturated carbocycles. The van der Waals surface area contributed by atoms with Crippen LogP contribution in [0.25, 0.3) is 0 Å². The van der Waals surface area contributed by atoms with Gasteiger partial charge in [0.15, 0.2) is 0 Å². The Morgan fingerprint density at radius 1 is 1.61 bits per heavy atom. The van der Waals surface area contributed by atoms with Crippen LogP contribution in [0.1, 0.15) is 12.0 Å². The van der Waals surface area contributed by atoms with Gasteiger partial charge in [0, 0.05) is 23.7 Å². The molecule has 1 saturated heterocycles. The zero-order valence-electron chi connectivity index (χ0n) is 10.4. The average Bonchev–Trinajstić information content (AvgIpc) is 2.80. The number of hydrogen-bond acceptors (Lipinski definition) is 3. The number of carbonyl (C=O) groups excluding carboxylic acids is 1. The van der Waals surface area contributed by atoms with Gasteiger partial charge in [0.2, 0.25) is 5.91 Å². The Bertz CT molecular complexity index is 451. The second-order valence-electron chi connectivity index (χ2n) is 4.54. The number of nitrogens with zero attached hydrogens (tertiary/aromatic N) is 1. The van der Waals surface area contributed by atoms with Crippen LogP contribution in [0.15, 0.2) is 18.2 Å². The third-order valence-electron chi connectivity index (χ3n) is 3.35. The summed E-state index contributed by atoms with van der Waals surface area (Å²) < 4.78 is 5.31. The number of likely N-dealkylation sites (tertiary alicyclic amines) is 1. The zero-order valence-corrected chi connectivity index (χ0v) is 11.1. The van der Waals surface area contributed by atoms with E-state index in [4.69, 9.17) is 22.1 Å². The fourth-order valence-electron chi connectivity index (χ4n) is 2.32. The number of rotatable bonds is 4. The Morgan fingerprint density at radius 3 is 3.00 bits per heavy atom. The SMILES string of the molecule is COc1cccc(Cl)c1CN1CC[C@H](C(N)=O)C1. The second kappa shape index (κ2) is 5.59. The van der Waals surface area contributed by atoms with E-state index in [1.807, 2.05) is 18.2 Å². The summed E-state index contributed by atoms with van der Waals surface area (Å²) in [4.78, 5) is 13.3. The molecule has 2 rings (SSSR count). The fourth-order valence-corrected chi connectivity index (χ4v) is 2.54. The predicted molar refractivity (Wildman–Crippen MR) is 70.6 cm³/mol. The Labute approximate surface area is 112 Å². The van der Waals surface area contributed by atoms with Crippen molar-refractivity contribution in [1.82, 2.24) is 4.90 Å². The lowest BCUT2D eigenvalue weighted by Crippen LogP contribution is -2.27. The molecule has 18 heavy (non-hydrogen) atoms. The van der Waals surface area contributed by atoms with Crippen molar-refractivity contribution in [3.8, 4) is 5.75 Å². The van der Waals surface area contributed by atoms with E-state index in [0.29, 0.717) is 18.1 Å². The number of primary amides is 1. The summed E-state index contributed by atoms with van der Waals surface area (Å²) in [5.41, 5.74) is 6.29. The highest BCUT2D eigenvalue weighted by atomic mass is 35.5. The van der Waals surface area contributed by atoms with Crippen molar-refractivity contribution >= 4 is 17.5 Å². The van der Waals surface area contributed by atoms with E-state index in [9.17, 15) is 4.79 Å². The van der Waals surface area contributed by atoms with Gasteiger partial charge in [-0.3, -0.25) is 9.69 Å². The molecule has 98 valence electrons. The van der Waals surface area contributed by atoms with Crippen LogP contribution in [-0.2, 0) is 11.3 Å². The molecule has 1 fully saturated rings. The third-order valence-corrected chi connectivity index (χ3v) is 3.71. The lowest BCUT2D eigenvalue weighted by Gasteiger charge is -2.18. The number of carbonyl (C=O) groups is 1. The monoisotopic (exact) mass is 268 g/mol. The van der Waals surface area contributed by atoms with E-state index in [2.05, 4.69) is 4.90 Å². The molecule has 1 aromatic carbocycles. The highest BCUT2D eigenvalue weighted by Gasteiger charge is 2.27. The number of benzene rings is 1. The molecule has 1 amide bonds. The van der Waals surface area contributed by atoms with Gasteiger partial charge in [0.1, 0.15) is 5.75 Å². The van der Waals surface area contributed by atoms with Crippen LogP contribution < -0.4 is 10.5 Å². The highest BCUT2D eigenvalue weighted by molar-refractivity contribution is 6.31. The van der Waals surface area contributed by atoms with Crippen LogP contribution in [0, 0.1) is 5.92 Å². The Morgan fingerprint density at radius 2 is 2.39 bits per heavy atom. The fraction of sp³-hybridized carbons (Fsp3) is 0.462. The van der Waals surface area contributed by atoms with Gasteiger partial charge < -0.3 is 10.5 Å². The zero-order chi connectivity index (χ0) is 13.1. The summed E-state index contributed by atoms with van der Waals surface area (Å²) in [6, 6.07) is 5.60. The first kappa shape index (κ1) is 13.2. The van der Waals surface area contributed by atoms with Crippen LogP contribution in [0.2, 0.25) is 5.02 Å². The maximum absolute atomic E-state index is 11.1. The van der Waals surface area contributed by atoms with Crippen molar-refractivity contribution in [2.24, 2.45) is 11.7 Å². The van der Waals surface area contributed by atoms with Crippen LogP contribution >= 0.6 is 11.6 Å². The minimum absolute atomic E-state index is 0.0431. The van der Waals surface area contributed by atoms with Crippen LogP contribution in [-0.4, -0.2) is 31.0 Å². The molecule has 0 unspecified atom stereocenters. The van der Waals surface area contributed by atoms with Gasteiger partial charge in [-0.05, 0) is 25.1 Å². The molecule has 1 aromatic rings. The van der Waals surface area contributed by atoms with E-state index in [-0.39, 0.29) is 11.8 Å². The van der Waals surface area contributed by atoms with Crippen LogP contribution in [0.3, 0.4) is 0 Å². The van der Waals surface area contributed by atoms with Gasteiger partial charge in [-0.1, -0.05) is 17.7 Å². The van der Waals surface area contributed by atoms with Gasteiger partial charge in [-0.25, -0.2) is 0 Å². The van der Waals surface area contributed by atoms with Gasteiger partial charge >= 0.3 is 0 Å². The minimum Gasteiger partial charge on any atom is -0.496 e. The smallest absolute Gasteiger partial charge is 0.221 e. The molecule has 2 N–H and O–H groups in total. The van der Waals surface area contributed by atoms with E-state index >= 15 is 0 Å². The number of methoxy groups -OCH3 is 1. The standard InChI is InChI=1S/C13H17ClN2O2/c1-18-12-4-2-3-11(14)10(12)8-16-6-5-9(7-16)13(15)17/h2-4,9H,5-8H2,1H3,(H2,15,17)/t9-/m0/s1. The lowest BCUT2D eigenvalue weighted by molar-refractivity contribution is -0.121. The summed E-state index contributed by atoms with van der Waals surface area (Å²) >= 11 is 6.19. The largest absolute Gasteiger partial charge is 0.496 e. The maximum atomic E-state index is 11.1. The lowest BCUT2D eigenvalue weighted by atomic mass is 10.1. The van der Waals surface area contributed by atoms with Gasteiger partial charge in [-0.2, -0.15) is 0 Å². The van der Waals surface area contributed by atoms with E-state index in [1.54, 1.807) is 7.11 Å². The third kappa shape index (κ3) is 2.76. The quantitative estimate of drug-likeness (QED) is 0.904. The molecule has 1 aliphatic rings. The molecule has 4 nitrogen and oxygen atoms in total. The molecule has 0 spiro atoms. The van der Waals surface area contributed by atoms with Crippen molar-refractivity contribution in [1.29, 1.82) is 0 Å². The molecular weight excluding hydrogens is 252 g/mol. The normalized spacial score (nSPS) is 20.0. The summed E-state index contributed by atoms with van der Waals surface area (Å²) in [5, 5.41) is 0.692. The number of halogens is 1. The average molecular weight is 269 g/mol. The number of ether oxygens (including phenoxy) is 1. The topological polar surface area (TPSA) is 55.6 Å². The highest BCUT2D eigenvalue weighted by Crippen LogP contribution is 2.29. The predicted octanol–water partition coefficient (Wildman–Crippen LogP) is 1.66. The first-order valence-corrected chi connectivity index (χ1v) is 6.32. The molecule has 1 atom stereocenters. The molecule has 0 radical (unpaired) electrons. The van der Waals surface area contributed by atoms with E-state index in [1.165, 1.54) is 0 Å². The molecule has 1 heterocycles. The minimum atomic E-state index is -0.219. The Kier molecular flexibility index (Phi) is 4.09. The molecule has 5 heteroatoms. The van der Waals surface area contributed by atoms with Crippen LogP contribution in [0.5, 0.6) is 5.75 Å². The molecule has 0 aromatic heterocycles. The summed E-state index contributed by atoms with van der Waals surface area (Å²) in [5.74, 6) is 0.520. The van der Waals surface area contributed by atoms with E-state index < -0.39 is 0 Å². The van der Waals surface area contributed by atoms with Gasteiger partial charge in [0.05, 0.1) is 13.0 Å². The second-order valence-corrected chi connectivity index (χ2v) is 4.95. The van der Waals surface area contributed by atoms with Crippen molar-refractivity contribution in [2.45, 2.75) is 13.0 Å². The van der Waals surface area contributed by atoms with Crippen molar-refractivity contribution < 1.29 is 9.53 Å². The van der Waals surface area contributed by atoms with E-state index in [0.717, 1.165) is 24.3 Å². The van der Waals surface area contributed by atoms with Crippen LogP contribution in [0.4, 0.5) is 0 Å². The Balaban J connectivity index is 2.09. The van der Waals surface area contributed by atoms with Crippen molar-refractivity contribution in [3.63, 3.8) is 0 Å². The molecular formula is C13H17ClN2O2. The maximum Gasteiger partial charge on any atom is 0.221 e. The number of hydrogen-bond donors (Lipinski definition) is 1. The first-order valence-electron chi connectivity index (χ1n) is 5.95. The number of nitrogens with two attached hydrogens (primary N) is 1. The summed E-state index contributed by atoms with van der Waals surface area (Å²) in [6.07, 6.45) is 0.822. The summed E-state index contributed by atoms with van der Waals surface area (Å²) in [6.45, 7) is 2.25. The van der Waals surface area contributed by atoms with Crippen molar-refractivity contribution in [2.75, 3.05) is 20.2 Å². The first-order chi connectivity index (χ1) is 8.61. The van der Waals surface area contributed by atoms with Gasteiger partial charge in [-0.15, -0.1) is 0 Å². The number of amides is 1. The van der Waals surface area contributed by atoms with Gasteiger partial charge in [0.25, 0.3) is 0 Å². The molecule has 0 bridgehead atoms. The Hall–Kier alpha value is -1.26. The van der Waals surface area contributed by atoms with Crippen molar-refractivity contribution in [3.05, 3.63) is 28.8 Å². The summed E-state index contributed by atoms with van der Waals surface area (Å²) in [7, 11) is 1.63. The molecule has 1 aliphatic heterocycles. The molecule has 0 aliphatic carbocycles.